The first kappa shape index (κ1) is 11.6. The van der Waals surface area contributed by atoms with Gasteiger partial charge in [-0.25, -0.2) is 0 Å². The summed E-state index contributed by atoms with van der Waals surface area (Å²) in [7, 11) is 0. The number of aliphatic hydroxyl groups excluding tert-OH is 2. The van der Waals surface area contributed by atoms with E-state index in [1.54, 1.807) is 11.8 Å². The maximum Gasteiger partial charge on any atom is 0.0797 e. The fraction of sp³-hybridized carbons (Fsp3) is 0.455. The van der Waals surface area contributed by atoms with Gasteiger partial charge in [-0.15, -0.1) is 0 Å². The lowest BCUT2D eigenvalue weighted by Crippen LogP contribution is -1.99. The molecule has 0 bridgehead atoms. The van der Waals surface area contributed by atoms with Crippen LogP contribution in [0.25, 0.3) is 0 Å². The van der Waals surface area contributed by atoms with E-state index in [1.807, 2.05) is 30.3 Å². The molecule has 3 heteroatoms. The highest BCUT2D eigenvalue weighted by molar-refractivity contribution is 7.99. The van der Waals surface area contributed by atoms with E-state index in [0.717, 1.165) is 23.5 Å². The van der Waals surface area contributed by atoms with Crippen molar-refractivity contribution in [3.8, 4) is 0 Å². The predicted octanol–water partition coefficient (Wildman–Crippen LogP) is 1.84. The Hall–Kier alpha value is -0.510. The van der Waals surface area contributed by atoms with Crippen molar-refractivity contribution in [1.29, 1.82) is 0 Å². The Bertz CT molecular complexity index is 238. The van der Waals surface area contributed by atoms with Gasteiger partial charge in [0.25, 0.3) is 0 Å². The van der Waals surface area contributed by atoms with E-state index in [0.29, 0.717) is 0 Å². The summed E-state index contributed by atoms with van der Waals surface area (Å²) in [5, 5.41) is 18.3. The number of aliphatic hydroxyl groups is 2. The van der Waals surface area contributed by atoms with Gasteiger partial charge in [-0.2, -0.15) is 11.8 Å². The third-order valence-corrected chi connectivity index (χ3v) is 2.95. The zero-order chi connectivity index (χ0) is 10.2. The molecule has 2 nitrogen and oxygen atoms in total. The largest absolute Gasteiger partial charge is 0.396 e. The van der Waals surface area contributed by atoms with Crippen LogP contribution >= 0.6 is 11.8 Å². The Balaban J connectivity index is 2.25. The Morgan fingerprint density at radius 1 is 1.14 bits per heavy atom. The summed E-state index contributed by atoms with van der Waals surface area (Å²) >= 11 is 1.67. The van der Waals surface area contributed by atoms with Crippen LogP contribution in [-0.4, -0.2) is 28.3 Å². The molecule has 0 saturated heterocycles. The second-order valence-corrected chi connectivity index (χ2v) is 4.28. The molecule has 0 aliphatic rings. The normalized spacial score (nSPS) is 12.7. The van der Waals surface area contributed by atoms with Gasteiger partial charge in [0.05, 0.1) is 12.7 Å². The van der Waals surface area contributed by atoms with Crippen molar-refractivity contribution < 1.29 is 10.2 Å². The van der Waals surface area contributed by atoms with Gasteiger partial charge >= 0.3 is 0 Å². The van der Waals surface area contributed by atoms with Crippen LogP contribution in [0.1, 0.15) is 18.1 Å². The SMILES string of the molecule is OCCSCC[C@H](O)c1ccccc1. The van der Waals surface area contributed by atoms with Crippen molar-refractivity contribution in [3.63, 3.8) is 0 Å². The first-order chi connectivity index (χ1) is 6.84. The Labute approximate surface area is 89.0 Å². The van der Waals surface area contributed by atoms with Gasteiger partial charge in [0.1, 0.15) is 0 Å². The van der Waals surface area contributed by atoms with Gasteiger partial charge in [-0.1, -0.05) is 30.3 Å². The van der Waals surface area contributed by atoms with Gasteiger partial charge in [0.2, 0.25) is 0 Å². The minimum Gasteiger partial charge on any atom is -0.396 e. The molecule has 1 aromatic carbocycles. The van der Waals surface area contributed by atoms with Crippen molar-refractivity contribution in [2.24, 2.45) is 0 Å². The highest BCUT2D eigenvalue weighted by atomic mass is 32.2. The van der Waals surface area contributed by atoms with Gasteiger partial charge in [0, 0.05) is 5.75 Å². The second kappa shape index (κ2) is 6.87. The molecule has 0 saturated carbocycles. The molecule has 0 aliphatic heterocycles. The number of hydrogen-bond acceptors (Lipinski definition) is 3. The molecule has 0 aliphatic carbocycles. The molecule has 14 heavy (non-hydrogen) atoms. The molecule has 0 heterocycles. The fourth-order valence-corrected chi connectivity index (χ4v) is 1.93. The van der Waals surface area contributed by atoms with Crippen LogP contribution in [0.5, 0.6) is 0 Å². The molecular formula is C11H16O2S. The topological polar surface area (TPSA) is 40.5 Å². The van der Waals surface area contributed by atoms with E-state index in [-0.39, 0.29) is 12.7 Å². The standard InChI is InChI=1S/C11H16O2S/c12-7-9-14-8-6-11(13)10-4-2-1-3-5-10/h1-5,11-13H,6-9H2/t11-/m0/s1. The maximum atomic E-state index is 9.74. The summed E-state index contributed by atoms with van der Waals surface area (Å²) in [6.07, 6.45) is 0.372. The number of thioether (sulfide) groups is 1. The summed E-state index contributed by atoms with van der Waals surface area (Å²) in [4.78, 5) is 0. The monoisotopic (exact) mass is 212 g/mol. The minimum absolute atomic E-state index is 0.214. The zero-order valence-corrected chi connectivity index (χ0v) is 8.91. The molecule has 0 aromatic heterocycles. The lowest BCUT2D eigenvalue weighted by Gasteiger charge is -2.09. The van der Waals surface area contributed by atoms with E-state index in [9.17, 15) is 5.11 Å². The fourth-order valence-electron chi connectivity index (χ4n) is 1.20. The molecule has 1 aromatic rings. The predicted molar refractivity (Wildman–Crippen MR) is 60.4 cm³/mol. The van der Waals surface area contributed by atoms with Gasteiger partial charge in [0.15, 0.2) is 0 Å². The van der Waals surface area contributed by atoms with Gasteiger partial charge in [-0.05, 0) is 17.7 Å². The molecule has 0 unspecified atom stereocenters. The average Bonchev–Trinajstić information content (AvgIpc) is 2.25. The Morgan fingerprint density at radius 3 is 2.50 bits per heavy atom. The average molecular weight is 212 g/mol. The maximum absolute atomic E-state index is 9.74. The molecule has 0 fully saturated rings. The summed E-state index contributed by atoms with van der Waals surface area (Å²) in [5.74, 6) is 1.64. The van der Waals surface area contributed by atoms with Gasteiger partial charge in [-0.3, -0.25) is 0 Å². The lowest BCUT2D eigenvalue weighted by molar-refractivity contribution is 0.175. The molecule has 0 radical (unpaired) electrons. The summed E-state index contributed by atoms with van der Waals surface area (Å²) < 4.78 is 0. The van der Waals surface area contributed by atoms with Crippen molar-refractivity contribution in [1.82, 2.24) is 0 Å². The van der Waals surface area contributed by atoms with Gasteiger partial charge < -0.3 is 10.2 Å². The summed E-state index contributed by atoms with van der Waals surface area (Å²) in [6, 6.07) is 9.67. The second-order valence-electron chi connectivity index (χ2n) is 3.05. The first-order valence-electron chi connectivity index (χ1n) is 4.76. The number of rotatable bonds is 6. The third kappa shape index (κ3) is 4.13. The Morgan fingerprint density at radius 2 is 1.86 bits per heavy atom. The molecule has 0 amide bonds. The van der Waals surface area contributed by atoms with Crippen LogP contribution in [0.15, 0.2) is 30.3 Å². The molecule has 2 N–H and O–H groups in total. The van der Waals surface area contributed by atoms with E-state index >= 15 is 0 Å². The van der Waals surface area contributed by atoms with E-state index < -0.39 is 0 Å². The van der Waals surface area contributed by atoms with Crippen LogP contribution in [-0.2, 0) is 0 Å². The van der Waals surface area contributed by atoms with E-state index in [1.165, 1.54) is 0 Å². The summed E-state index contributed by atoms with van der Waals surface area (Å²) in [5.41, 5.74) is 0.970. The molecular weight excluding hydrogens is 196 g/mol. The van der Waals surface area contributed by atoms with E-state index in [4.69, 9.17) is 5.11 Å². The highest BCUT2D eigenvalue weighted by Gasteiger charge is 2.05. The van der Waals surface area contributed by atoms with Crippen LogP contribution in [0, 0.1) is 0 Å². The number of hydrogen-bond donors (Lipinski definition) is 2. The van der Waals surface area contributed by atoms with Crippen LogP contribution in [0.4, 0.5) is 0 Å². The molecule has 0 spiro atoms. The smallest absolute Gasteiger partial charge is 0.0797 e. The highest BCUT2D eigenvalue weighted by Crippen LogP contribution is 2.18. The van der Waals surface area contributed by atoms with Crippen LogP contribution in [0.3, 0.4) is 0 Å². The van der Waals surface area contributed by atoms with Crippen LogP contribution in [0.2, 0.25) is 0 Å². The molecule has 1 rings (SSSR count). The first-order valence-corrected chi connectivity index (χ1v) is 5.91. The Kier molecular flexibility index (Phi) is 5.68. The van der Waals surface area contributed by atoms with Crippen LogP contribution < -0.4 is 0 Å². The third-order valence-electron chi connectivity index (χ3n) is 1.96. The lowest BCUT2D eigenvalue weighted by atomic mass is 10.1. The summed E-state index contributed by atoms with van der Waals surface area (Å²) in [6.45, 7) is 0.214. The number of benzene rings is 1. The van der Waals surface area contributed by atoms with Crippen molar-refractivity contribution >= 4 is 11.8 Å². The minimum atomic E-state index is -0.373. The quantitative estimate of drug-likeness (QED) is 0.707. The molecule has 1 atom stereocenters. The van der Waals surface area contributed by atoms with Crippen molar-refractivity contribution in [2.45, 2.75) is 12.5 Å². The zero-order valence-electron chi connectivity index (χ0n) is 8.10. The van der Waals surface area contributed by atoms with Crippen molar-refractivity contribution in [2.75, 3.05) is 18.1 Å². The van der Waals surface area contributed by atoms with E-state index in [2.05, 4.69) is 0 Å². The van der Waals surface area contributed by atoms with Crippen molar-refractivity contribution in [3.05, 3.63) is 35.9 Å². The molecule has 78 valence electrons.